The van der Waals surface area contributed by atoms with Gasteiger partial charge >= 0.3 is 12.6 Å². The summed E-state index contributed by atoms with van der Waals surface area (Å²) >= 11 is 0. The molecule has 142 valence electrons. The molecule has 1 N–H and O–H groups in total. The summed E-state index contributed by atoms with van der Waals surface area (Å²) in [7, 11) is 1.35. The van der Waals surface area contributed by atoms with Gasteiger partial charge in [0, 0.05) is 11.1 Å². The molecule has 2 aromatic rings. The summed E-state index contributed by atoms with van der Waals surface area (Å²) in [5.41, 5.74) is 0.567. The van der Waals surface area contributed by atoms with Gasteiger partial charge in [0.25, 0.3) is 0 Å². The van der Waals surface area contributed by atoms with E-state index < -0.39 is 25.0 Å². The van der Waals surface area contributed by atoms with Crippen LogP contribution in [0.1, 0.15) is 15.9 Å². The van der Waals surface area contributed by atoms with Crippen molar-refractivity contribution in [2.75, 3.05) is 13.7 Å². The zero-order valence-corrected chi connectivity index (χ0v) is 14.2. The Labute approximate surface area is 153 Å². The lowest BCUT2D eigenvalue weighted by molar-refractivity contribution is -0.139. The Bertz CT molecular complexity index is 848. The maximum atomic E-state index is 12.4. The predicted octanol–water partition coefficient (Wildman–Crippen LogP) is 3.66. The van der Waals surface area contributed by atoms with Gasteiger partial charge in [-0.2, -0.15) is 8.78 Å². The van der Waals surface area contributed by atoms with Crippen molar-refractivity contribution in [1.82, 2.24) is 0 Å². The normalized spacial score (nSPS) is 10.8. The number of carbonyl (C=O) groups is 2. The number of benzene rings is 2. The second-order valence-electron chi connectivity index (χ2n) is 5.16. The van der Waals surface area contributed by atoms with Crippen LogP contribution >= 0.6 is 0 Å². The van der Waals surface area contributed by atoms with Crippen molar-refractivity contribution in [3.05, 3.63) is 59.7 Å². The van der Waals surface area contributed by atoms with E-state index in [0.717, 1.165) is 0 Å². The summed E-state index contributed by atoms with van der Waals surface area (Å²) in [6.07, 6.45) is 2.57. The smallest absolute Gasteiger partial charge is 0.387 e. The highest BCUT2D eigenvalue weighted by atomic mass is 19.3. The van der Waals surface area contributed by atoms with Crippen LogP contribution in [-0.4, -0.2) is 37.2 Å². The van der Waals surface area contributed by atoms with E-state index in [1.807, 2.05) is 0 Å². The Morgan fingerprint density at radius 3 is 2.52 bits per heavy atom. The van der Waals surface area contributed by atoms with Crippen LogP contribution in [-0.2, 0) is 4.79 Å². The number of ketones is 1. The molecule has 0 unspecified atom stereocenters. The van der Waals surface area contributed by atoms with Gasteiger partial charge in [-0.1, -0.05) is 18.2 Å². The number of halogens is 2. The van der Waals surface area contributed by atoms with Gasteiger partial charge in [-0.25, -0.2) is 4.79 Å². The maximum Gasteiger partial charge on any atom is 0.387 e. The number of carbonyl (C=O) groups excluding carboxylic acids is 1. The van der Waals surface area contributed by atoms with Gasteiger partial charge in [0.2, 0.25) is 0 Å². The SMILES string of the molecule is COc1cc(C(=O)C=Cc2ccccc2OC(F)F)ccc1OCC(=O)O. The van der Waals surface area contributed by atoms with Crippen LogP contribution in [0, 0.1) is 0 Å². The minimum absolute atomic E-state index is 0.0495. The molecule has 0 saturated heterocycles. The first kappa shape index (κ1) is 19.9. The summed E-state index contributed by atoms with van der Waals surface area (Å²) < 4.78 is 39.4. The number of ether oxygens (including phenoxy) is 3. The van der Waals surface area contributed by atoms with Crippen molar-refractivity contribution in [3.8, 4) is 17.2 Å². The zero-order valence-electron chi connectivity index (χ0n) is 14.2. The zero-order chi connectivity index (χ0) is 19.8. The molecule has 0 atom stereocenters. The molecule has 0 spiro atoms. The lowest BCUT2D eigenvalue weighted by Gasteiger charge is -2.10. The molecule has 0 aliphatic rings. The van der Waals surface area contributed by atoms with Crippen LogP contribution in [0.5, 0.6) is 17.2 Å². The fourth-order valence-corrected chi connectivity index (χ4v) is 2.16. The lowest BCUT2D eigenvalue weighted by atomic mass is 10.1. The van der Waals surface area contributed by atoms with E-state index in [0.29, 0.717) is 5.56 Å². The molecule has 2 rings (SSSR count). The fraction of sp³-hybridized carbons (Fsp3) is 0.158. The molecule has 0 radical (unpaired) electrons. The molecule has 0 amide bonds. The Morgan fingerprint density at radius 2 is 1.85 bits per heavy atom. The van der Waals surface area contributed by atoms with Crippen LogP contribution in [0.2, 0.25) is 0 Å². The van der Waals surface area contributed by atoms with Gasteiger partial charge in [0.05, 0.1) is 7.11 Å². The molecular formula is C19H16F2O6. The number of aliphatic carboxylic acids is 1. The number of methoxy groups -OCH3 is 1. The van der Waals surface area contributed by atoms with Crippen LogP contribution in [0.15, 0.2) is 48.5 Å². The second-order valence-corrected chi connectivity index (χ2v) is 5.16. The van der Waals surface area contributed by atoms with E-state index in [-0.39, 0.29) is 22.8 Å². The van der Waals surface area contributed by atoms with Gasteiger partial charge < -0.3 is 19.3 Å². The van der Waals surface area contributed by atoms with Crippen LogP contribution in [0.25, 0.3) is 6.08 Å². The molecule has 0 aromatic heterocycles. The first-order valence-corrected chi connectivity index (χ1v) is 7.69. The van der Waals surface area contributed by atoms with Crippen molar-refractivity contribution in [1.29, 1.82) is 0 Å². The Balaban J connectivity index is 2.18. The van der Waals surface area contributed by atoms with Gasteiger partial charge in [-0.15, -0.1) is 0 Å². The monoisotopic (exact) mass is 378 g/mol. The van der Waals surface area contributed by atoms with Gasteiger partial charge in [0.1, 0.15) is 5.75 Å². The van der Waals surface area contributed by atoms with E-state index in [9.17, 15) is 18.4 Å². The first-order valence-electron chi connectivity index (χ1n) is 7.69. The Hall–Kier alpha value is -3.42. The summed E-state index contributed by atoms with van der Waals surface area (Å²) in [5, 5.41) is 8.65. The maximum absolute atomic E-state index is 12.4. The molecule has 27 heavy (non-hydrogen) atoms. The van der Waals surface area contributed by atoms with E-state index >= 15 is 0 Å². The average Bonchev–Trinajstić information content (AvgIpc) is 2.64. The molecular weight excluding hydrogens is 362 g/mol. The van der Waals surface area contributed by atoms with Gasteiger partial charge in [-0.05, 0) is 36.4 Å². The van der Waals surface area contributed by atoms with Crippen molar-refractivity contribution >= 4 is 17.8 Å². The highest BCUT2D eigenvalue weighted by molar-refractivity contribution is 6.07. The van der Waals surface area contributed by atoms with Gasteiger partial charge in [0.15, 0.2) is 23.9 Å². The third-order valence-electron chi connectivity index (χ3n) is 3.35. The second kappa shape index (κ2) is 9.33. The van der Waals surface area contributed by atoms with E-state index in [4.69, 9.17) is 14.6 Å². The number of carboxylic acids is 1. The first-order chi connectivity index (χ1) is 12.9. The number of para-hydroxylation sites is 1. The molecule has 2 aromatic carbocycles. The highest BCUT2D eigenvalue weighted by Gasteiger charge is 2.12. The molecule has 8 heteroatoms. The predicted molar refractivity (Wildman–Crippen MR) is 92.6 cm³/mol. The molecule has 0 bridgehead atoms. The molecule has 0 aliphatic carbocycles. The van der Waals surface area contributed by atoms with Crippen molar-refractivity contribution < 1.29 is 37.7 Å². The summed E-state index contributed by atoms with van der Waals surface area (Å²) in [4.78, 5) is 22.9. The minimum atomic E-state index is -2.97. The number of allylic oxidation sites excluding steroid dienone is 1. The summed E-state index contributed by atoms with van der Waals surface area (Å²) in [6.45, 7) is -3.53. The van der Waals surface area contributed by atoms with Crippen molar-refractivity contribution in [2.45, 2.75) is 6.61 Å². The van der Waals surface area contributed by atoms with Gasteiger partial charge in [-0.3, -0.25) is 4.79 Å². The number of carboxylic acid groups (broad SMARTS) is 1. The van der Waals surface area contributed by atoms with Crippen LogP contribution in [0.4, 0.5) is 8.78 Å². The average molecular weight is 378 g/mol. The molecule has 0 fully saturated rings. The lowest BCUT2D eigenvalue weighted by Crippen LogP contribution is -2.10. The summed E-state index contributed by atoms with van der Waals surface area (Å²) in [6, 6.07) is 10.3. The quantitative estimate of drug-likeness (QED) is 0.530. The number of hydrogen-bond donors (Lipinski definition) is 1. The molecule has 6 nitrogen and oxygen atoms in total. The van der Waals surface area contributed by atoms with Crippen molar-refractivity contribution in [3.63, 3.8) is 0 Å². The minimum Gasteiger partial charge on any atom is -0.493 e. The molecule has 0 aliphatic heterocycles. The highest BCUT2D eigenvalue weighted by Crippen LogP contribution is 2.28. The standard InChI is InChI=1S/C19H16F2O6/c1-25-17-10-13(7-9-16(17)26-11-18(23)24)14(22)8-6-12-4-2-3-5-15(12)27-19(20)21/h2-10,19H,11H2,1H3,(H,23,24). The van der Waals surface area contributed by atoms with E-state index in [1.54, 1.807) is 6.07 Å². The van der Waals surface area contributed by atoms with E-state index in [1.165, 1.54) is 55.7 Å². The number of hydrogen-bond acceptors (Lipinski definition) is 5. The third-order valence-corrected chi connectivity index (χ3v) is 3.35. The topological polar surface area (TPSA) is 82.1 Å². The molecule has 0 heterocycles. The summed E-state index contributed by atoms with van der Waals surface area (Å²) in [5.74, 6) is -1.24. The van der Waals surface area contributed by atoms with Crippen molar-refractivity contribution in [2.24, 2.45) is 0 Å². The number of alkyl halides is 2. The number of rotatable bonds is 9. The Kier molecular flexibility index (Phi) is 6.87. The van der Waals surface area contributed by atoms with Crippen LogP contribution < -0.4 is 14.2 Å². The van der Waals surface area contributed by atoms with E-state index in [2.05, 4.69) is 4.74 Å². The largest absolute Gasteiger partial charge is 0.493 e. The third kappa shape index (κ3) is 5.81. The van der Waals surface area contributed by atoms with Crippen LogP contribution in [0.3, 0.4) is 0 Å². The fourth-order valence-electron chi connectivity index (χ4n) is 2.16. The molecule has 0 saturated carbocycles. The Morgan fingerprint density at radius 1 is 1.11 bits per heavy atom.